The Morgan fingerprint density at radius 3 is 3.00 bits per heavy atom. The van der Waals surface area contributed by atoms with Gasteiger partial charge in [0.05, 0.1) is 5.02 Å². The van der Waals surface area contributed by atoms with Crippen molar-refractivity contribution in [1.82, 2.24) is 24.8 Å². The largest absolute Gasteiger partial charge is 0.370 e. The molecule has 0 amide bonds. The Morgan fingerprint density at radius 2 is 2.12 bits per heavy atom. The number of piperidine rings is 1. The minimum absolute atomic E-state index is 0.303. The van der Waals surface area contributed by atoms with E-state index in [1.54, 1.807) is 18.5 Å². The summed E-state index contributed by atoms with van der Waals surface area (Å²) in [5.74, 6) is 0.688. The van der Waals surface area contributed by atoms with Crippen LogP contribution in [-0.4, -0.2) is 44.5 Å². The zero-order valence-electron chi connectivity index (χ0n) is 18.5. The Kier molecular flexibility index (Phi) is 6.24. The molecule has 1 aliphatic heterocycles. The fourth-order valence-corrected chi connectivity index (χ4v) is 4.69. The normalized spacial score (nSPS) is 16.9. The molecule has 4 aromatic rings. The van der Waals surface area contributed by atoms with Crippen molar-refractivity contribution in [2.45, 2.75) is 26.3 Å². The molecule has 3 aromatic heterocycles. The van der Waals surface area contributed by atoms with E-state index in [2.05, 4.69) is 61.3 Å². The lowest BCUT2D eigenvalue weighted by atomic mass is 9.97. The lowest BCUT2D eigenvalue weighted by Gasteiger charge is -2.33. The number of aromatic nitrogens is 4. The van der Waals surface area contributed by atoms with Crippen LogP contribution in [0.25, 0.3) is 22.4 Å². The molecule has 4 heterocycles. The number of hydrogen-bond donors (Lipinski definition) is 2. The fraction of sp³-hybridized carbons (Fsp3) is 0.320. The Bertz CT molecular complexity index is 1270. The molecule has 0 radical (unpaired) electrons. The number of benzene rings is 1. The Hall–Kier alpha value is -3.03. The third kappa shape index (κ3) is 4.99. The average Bonchev–Trinajstić information content (AvgIpc) is 3.22. The molecule has 0 unspecified atom stereocenters. The first-order chi connectivity index (χ1) is 16.0. The molecule has 170 valence electrons. The third-order valence-corrected chi connectivity index (χ3v) is 6.47. The van der Waals surface area contributed by atoms with E-state index >= 15 is 0 Å². The summed E-state index contributed by atoms with van der Waals surface area (Å²) in [6.45, 7) is 5.98. The number of pyridine rings is 1. The van der Waals surface area contributed by atoms with Gasteiger partial charge in [0.25, 0.3) is 0 Å². The number of hydrogen-bond acceptors (Lipinski definition) is 5. The number of nitrogens with zero attached hydrogens (tertiary/aromatic N) is 4. The number of anilines is 1. The molecule has 0 aliphatic carbocycles. The molecule has 1 saturated heterocycles. The molecule has 1 aromatic carbocycles. The van der Waals surface area contributed by atoms with Gasteiger partial charge in [-0.1, -0.05) is 35.9 Å². The van der Waals surface area contributed by atoms with Crippen LogP contribution >= 0.6 is 11.6 Å². The maximum atomic E-state index is 14.4. The van der Waals surface area contributed by atoms with E-state index in [1.807, 2.05) is 0 Å². The number of halogens is 2. The Morgan fingerprint density at radius 1 is 1.24 bits per heavy atom. The lowest BCUT2D eigenvalue weighted by Crippen LogP contribution is -2.37. The van der Waals surface area contributed by atoms with Crippen molar-refractivity contribution in [3.8, 4) is 11.4 Å². The van der Waals surface area contributed by atoms with E-state index in [0.29, 0.717) is 33.8 Å². The van der Waals surface area contributed by atoms with Gasteiger partial charge in [0, 0.05) is 49.0 Å². The van der Waals surface area contributed by atoms with Crippen LogP contribution in [0.3, 0.4) is 0 Å². The average molecular weight is 465 g/mol. The van der Waals surface area contributed by atoms with Crippen molar-refractivity contribution < 1.29 is 4.39 Å². The number of aryl methyl sites for hydroxylation is 1. The smallest absolute Gasteiger partial charge is 0.218 e. The molecule has 0 saturated carbocycles. The predicted molar refractivity (Wildman–Crippen MR) is 130 cm³/mol. The Balaban J connectivity index is 1.27. The molecule has 5 rings (SSSR count). The lowest BCUT2D eigenvalue weighted by molar-refractivity contribution is 0.173. The van der Waals surface area contributed by atoms with E-state index < -0.39 is 5.95 Å². The van der Waals surface area contributed by atoms with E-state index in [9.17, 15) is 4.39 Å². The highest BCUT2D eigenvalue weighted by atomic mass is 35.5. The minimum atomic E-state index is -0.573. The summed E-state index contributed by atoms with van der Waals surface area (Å²) in [7, 11) is 0. The van der Waals surface area contributed by atoms with Gasteiger partial charge < -0.3 is 10.3 Å². The Labute approximate surface area is 197 Å². The summed E-state index contributed by atoms with van der Waals surface area (Å²) in [5, 5.41) is 4.61. The van der Waals surface area contributed by atoms with Crippen LogP contribution in [0.1, 0.15) is 24.0 Å². The van der Waals surface area contributed by atoms with E-state index in [-0.39, 0.29) is 0 Å². The van der Waals surface area contributed by atoms with Crippen LogP contribution in [0.15, 0.2) is 48.8 Å². The molecule has 8 heteroatoms. The molecule has 6 nitrogen and oxygen atoms in total. The van der Waals surface area contributed by atoms with Gasteiger partial charge in [-0.3, -0.25) is 4.90 Å². The van der Waals surface area contributed by atoms with Gasteiger partial charge in [-0.2, -0.15) is 9.37 Å². The maximum absolute atomic E-state index is 14.4. The summed E-state index contributed by atoms with van der Waals surface area (Å²) in [5.41, 5.74) is 4.04. The van der Waals surface area contributed by atoms with Crippen LogP contribution in [0.4, 0.5) is 10.2 Å². The fourth-order valence-electron chi connectivity index (χ4n) is 4.53. The van der Waals surface area contributed by atoms with E-state index in [1.165, 1.54) is 17.2 Å². The van der Waals surface area contributed by atoms with Crippen molar-refractivity contribution in [2.75, 3.05) is 25.0 Å². The molecular weight excluding hydrogens is 439 g/mol. The summed E-state index contributed by atoms with van der Waals surface area (Å²) in [6, 6.07) is 11.7. The number of fused-ring (bicyclic) bond motifs is 1. The standard InChI is InChI=1S/C25H26ClFN6/c1-16-5-2-3-7-18(16)15-33-8-4-6-17(14-33)11-28-23-10-22(27)31-25(32-23)21-13-30-24-20(21)9-19(26)12-29-24/h2-3,5,7,9-10,12-13,17H,4,6,8,11,14-15H2,1H3,(H,29,30)(H,28,31,32)/t17-/m0/s1. The summed E-state index contributed by atoms with van der Waals surface area (Å²) in [6.07, 6.45) is 5.60. The highest BCUT2D eigenvalue weighted by Crippen LogP contribution is 2.28. The van der Waals surface area contributed by atoms with Crippen molar-refractivity contribution in [3.63, 3.8) is 0 Å². The number of nitrogens with one attached hydrogen (secondary N) is 2. The number of rotatable bonds is 6. The molecule has 1 fully saturated rings. The molecule has 2 N–H and O–H groups in total. The van der Waals surface area contributed by atoms with E-state index in [0.717, 1.165) is 44.4 Å². The third-order valence-electron chi connectivity index (χ3n) is 6.26. The zero-order valence-corrected chi connectivity index (χ0v) is 19.2. The summed E-state index contributed by atoms with van der Waals surface area (Å²) >= 11 is 6.10. The van der Waals surface area contributed by atoms with Crippen LogP contribution in [0.5, 0.6) is 0 Å². The highest BCUT2D eigenvalue weighted by molar-refractivity contribution is 6.31. The summed E-state index contributed by atoms with van der Waals surface area (Å²) in [4.78, 5) is 18.4. The van der Waals surface area contributed by atoms with Gasteiger partial charge in [0.15, 0.2) is 5.82 Å². The number of aromatic amines is 1. The van der Waals surface area contributed by atoms with Gasteiger partial charge in [0.1, 0.15) is 11.5 Å². The molecule has 1 aliphatic rings. The van der Waals surface area contributed by atoms with Crippen molar-refractivity contribution in [2.24, 2.45) is 5.92 Å². The highest BCUT2D eigenvalue weighted by Gasteiger charge is 2.21. The van der Waals surface area contributed by atoms with Gasteiger partial charge >= 0.3 is 0 Å². The number of H-pyrrole nitrogens is 1. The second-order valence-corrected chi connectivity index (χ2v) is 9.14. The van der Waals surface area contributed by atoms with Crippen LogP contribution < -0.4 is 5.32 Å². The van der Waals surface area contributed by atoms with Gasteiger partial charge in [-0.15, -0.1) is 0 Å². The topological polar surface area (TPSA) is 69.7 Å². The molecule has 1 atom stereocenters. The summed E-state index contributed by atoms with van der Waals surface area (Å²) < 4.78 is 14.4. The second kappa shape index (κ2) is 9.45. The maximum Gasteiger partial charge on any atom is 0.218 e. The van der Waals surface area contributed by atoms with Crippen molar-refractivity contribution in [3.05, 3.63) is 70.9 Å². The molecule has 33 heavy (non-hydrogen) atoms. The van der Waals surface area contributed by atoms with Gasteiger partial charge in [-0.25, -0.2) is 9.97 Å². The molecular formula is C25H26ClFN6. The van der Waals surface area contributed by atoms with Gasteiger partial charge in [-0.05, 0) is 49.4 Å². The zero-order chi connectivity index (χ0) is 22.8. The first-order valence-electron chi connectivity index (χ1n) is 11.2. The SMILES string of the molecule is Cc1ccccc1CN1CCC[C@@H](CNc2cc(F)nc(-c3c[nH]c4ncc(Cl)cc34)n2)C1. The predicted octanol–water partition coefficient (Wildman–Crippen LogP) is 5.44. The van der Waals surface area contributed by atoms with E-state index in [4.69, 9.17) is 11.6 Å². The van der Waals surface area contributed by atoms with Crippen molar-refractivity contribution >= 4 is 28.5 Å². The monoisotopic (exact) mass is 464 g/mol. The van der Waals surface area contributed by atoms with Gasteiger partial charge in [0.2, 0.25) is 5.95 Å². The minimum Gasteiger partial charge on any atom is -0.370 e. The van der Waals surface area contributed by atoms with Crippen LogP contribution in [0, 0.1) is 18.8 Å². The molecule has 0 bridgehead atoms. The first-order valence-corrected chi connectivity index (χ1v) is 11.6. The quantitative estimate of drug-likeness (QED) is 0.371. The van der Waals surface area contributed by atoms with Crippen molar-refractivity contribution in [1.29, 1.82) is 0 Å². The second-order valence-electron chi connectivity index (χ2n) is 8.70. The van der Waals surface area contributed by atoms with Crippen LogP contribution in [-0.2, 0) is 6.54 Å². The molecule has 0 spiro atoms. The number of likely N-dealkylation sites (tertiary alicyclic amines) is 1. The first kappa shape index (κ1) is 21.8. The van der Waals surface area contributed by atoms with Crippen LogP contribution in [0.2, 0.25) is 5.02 Å².